The summed E-state index contributed by atoms with van der Waals surface area (Å²) >= 11 is 0. The van der Waals surface area contributed by atoms with Crippen LogP contribution < -0.4 is 0 Å². The molecule has 0 radical (unpaired) electrons. The van der Waals surface area contributed by atoms with E-state index in [9.17, 15) is 0 Å². The van der Waals surface area contributed by atoms with Crippen LogP contribution in [0.15, 0.2) is 95.7 Å². The zero-order chi connectivity index (χ0) is 28.9. The number of benzene rings is 4. The Bertz CT molecular complexity index is 1820. The van der Waals surface area contributed by atoms with Crippen LogP contribution in [0.2, 0.25) is 0 Å². The Labute approximate surface area is 243 Å². The lowest BCUT2D eigenvalue weighted by Crippen LogP contribution is -2.18. The first kappa shape index (κ1) is 27.1. The van der Waals surface area contributed by atoms with Crippen LogP contribution >= 0.6 is 0 Å². The van der Waals surface area contributed by atoms with Crippen LogP contribution in [0.25, 0.3) is 50.1 Å². The summed E-state index contributed by atoms with van der Waals surface area (Å²) in [6.45, 7) is 16.1. The summed E-state index contributed by atoms with van der Waals surface area (Å²) in [7, 11) is 0. The van der Waals surface area contributed by atoms with Gasteiger partial charge < -0.3 is 4.42 Å². The van der Waals surface area contributed by atoms with Gasteiger partial charge in [0.15, 0.2) is 0 Å². The Kier molecular flexibility index (Phi) is 6.85. The molecule has 4 aromatic carbocycles. The molecule has 0 amide bonds. The second-order valence-electron chi connectivity index (χ2n) is 12.5. The monoisotopic (exact) mass is 540 g/mol. The Morgan fingerprint density at radius 1 is 0.756 bits per heavy atom. The fourth-order valence-corrected chi connectivity index (χ4v) is 6.03. The Hall–Kier alpha value is -4.11. The summed E-state index contributed by atoms with van der Waals surface area (Å²) in [5.41, 5.74) is 10.7. The van der Waals surface area contributed by atoms with Crippen LogP contribution in [0, 0.1) is 0 Å². The zero-order valence-electron chi connectivity index (χ0n) is 25.3. The van der Waals surface area contributed by atoms with Gasteiger partial charge in [-0.3, -0.25) is 4.57 Å². The highest BCUT2D eigenvalue weighted by Crippen LogP contribution is 2.43. The molecule has 208 valence electrons. The molecule has 0 aliphatic heterocycles. The van der Waals surface area contributed by atoms with Crippen LogP contribution in [0.1, 0.15) is 83.4 Å². The van der Waals surface area contributed by atoms with E-state index in [-0.39, 0.29) is 5.41 Å². The minimum absolute atomic E-state index is 0.0573. The largest absolute Gasteiger partial charge is 0.456 e. The van der Waals surface area contributed by atoms with E-state index in [2.05, 4.69) is 132 Å². The lowest BCUT2D eigenvalue weighted by atomic mass is 9.79. The van der Waals surface area contributed by atoms with E-state index >= 15 is 0 Å². The molecule has 0 N–H and O–H groups in total. The highest BCUT2D eigenvalue weighted by molar-refractivity contribution is 6.06. The molecule has 0 saturated heterocycles. The highest BCUT2D eigenvalue weighted by atomic mass is 16.3. The number of aromatic nitrogens is 2. The third kappa shape index (κ3) is 4.68. The van der Waals surface area contributed by atoms with Gasteiger partial charge in [0.25, 0.3) is 0 Å². The van der Waals surface area contributed by atoms with Crippen molar-refractivity contribution in [2.45, 2.75) is 72.1 Å². The van der Waals surface area contributed by atoms with Crippen molar-refractivity contribution in [1.82, 2.24) is 9.55 Å². The maximum atomic E-state index is 6.35. The maximum Gasteiger partial charge on any atom is 0.144 e. The fourth-order valence-electron chi connectivity index (χ4n) is 6.03. The molecule has 0 aliphatic rings. The fraction of sp³-hybridized carbons (Fsp3) is 0.289. The number of rotatable bonds is 7. The SMILES string of the molecule is CCC(C)(C)c1cc2oc3ccccc3c2cc1-c1nccn1-c1c(C(C)C)cc(-c2ccccc2)cc1C(C)C. The van der Waals surface area contributed by atoms with Crippen LogP contribution in [-0.2, 0) is 5.41 Å². The summed E-state index contributed by atoms with van der Waals surface area (Å²) in [6, 6.07) is 28.4. The van der Waals surface area contributed by atoms with Crippen LogP contribution in [-0.4, -0.2) is 9.55 Å². The minimum Gasteiger partial charge on any atom is -0.456 e. The average molecular weight is 541 g/mol. The molecule has 0 unspecified atom stereocenters. The molecule has 6 aromatic rings. The summed E-state index contributed by atoms with van der Waals surface area (Å²) < 4.78 is 8.69. The van der Waals surface area contributed by atoms with Gasteiger partial charge >= 0.3 is 0 Å². The molecular formula is C38H40N2O. The lowest BCUT2D eigenvalue weighted by molar-refractivity contribution is 0.506. The maximum absolute atomic E-state index is 6.35. The van der Waals surface area contributed by atoms with Crippen molar-refractivity contribution >= 4 is 21.9 Å². The van der Waals surface area contributed by atoms with E-state index < -0.39 is 0 Å². The number of fused-ring (bicyclic) bond motifs is 3. The van der Waals surface area contributed by atoms with Gasteiger partial charge in [-0.25, -0.2) is 4.98 Å². The van der Waals surface area contributed by atoms with E-state index in [1.165, 1.54) is 33.5 Å². The van der Waals surface area contributed by atoms with Gasteiger partial charge in [-0.05, 0) is 81.8 Å². The van der Waals surface area contributed by atoms with E-state index in [4.69, 9.17) is 9.40 Å². The molecule has 0 aliphatic carbocycles. The van der Waals surface area contributed by atoms with Gasteiger partial charge in [-0.15, -0.1) is 0 Å². The zero-order valence-corrected chi connectivity index (χ0v) is 25.3. The van der Waals surface area contributed by atoms with Gasteiger partial charge in [0.05, 0.1) is 5.69 Å². The van der Waals surface area contributed by atoms with Gasteiger partial charge in [0.2, 0.25) is 0 Å². The standard InChI is InChI=1S/C38H40N2O/c1-8-38(6,7)33-23-35-31(28-16-12-13-17-34(28)41-35)22-32(33)37-39-18-19-40(37)36-29(24(2)3)20-27(21-30(36)25(4)5)26-14-10-9-11-15-26/h9-25H,8H2,1-7H3. The number of imidazole rings is 1. The summed E-state index contributed by atoms with van der Waals surface area (Å²) in [4.78, 5) is 5.06. The second kappa shape index (κ2) is 10.4. The predicted molar refractivity (Wildman–Crippen MR) is 173 cm³/mol. The topological polar surface area (TPSA) is 31.0 Å². The molecular weight excluding hydrogens is 500 g/mol. The van der Waals surface area contributed by atoms with Crippen molar-refractivity contribution in [2.75, 3.05) is 0 Å². The predicted octanol–water partition coefficient (Wildman–Crippen LogP) is 11.0. The Balaban J connectivity index is 1.66. The van der Waals surface area contributed by atoms with E-state index in [1.54, 1.807) is 0 Å². The van der Waals surface area contributed by atoms with Crippen LogP contribution in [0.5, 0.6) is 0 Å². The van der Waals surface area contributed by atoms with Gasteiger partial charge in [-0.1, -0.05) is 97.0 Å². The van der Waals surface area contributed by atoms with Crippen molar-refractivity contribution in [2.24, 2.45) is 0 Å². The normalized spacial score (nSPS) is 12.3. The molecule has 0 spiro atoms. The van der Waals surface area contributed by atoms with Gasteiger partial charge in [-0.2, -0.15) is 0 Å². The van der Waals surface area contributed by atoms with Crippen molar-refractivity contribution in [3.63, 3.8) is 0 Å². The molecule has 2 heterocycles. The second-order valence-corrected chi connectivity index (χ2v) is 12.5. The number of nitrogens with zero attached hydrogens (tertiary/aromatic N) is 2. The van der Waals surface area contributed by atoms with Gasteiger partial charge in [0.1, 0.15) is 17.0 Å². The average Bonchev–Trinajstić information content (AvgIpc) is 3.60. The van der Waals surface area contributed by atoms with Crippen LogP contribution in [0.4, 0.5) is 0 Å². The lowest BCUT2D eigenvalue weighted by Gasteiger charge is -2.28. The smallest absolute Gasteiger partial charge is 0.144 e. The molecule has 0 atom stereocenters. The number of hydrogen-bond acceptors (Lipinski definition) is 2. The molecule has 41 heavy (non-hydrogen) atoms. The first-order chi connectivity index (χ1) is 19.7. The number of para-hydroxylation sites is 1. The molecule has 0 bridgehead atoms. The summed E-state index contributed by atoms with van der Waals surface area (Å²) in [6.07, 6.45) is 5.10. The van der Waals surface area contributed by atoms with E-state index in [0.29, 0.717) is 11.8 Å². The third-order valence-corrected chi connectivity index (χ3v) is 8.77. The summed E-state index contributed by atoms with van der Waals surface area (Å²) in [5.74, 6) is 1.66. The minimum atomic E-state index is -0.0573. The number of hydrogen-bond donors (Lipinski definition) is 0. The quantitative estimate of drug-likeness (QED) is 0.202. The summed E-state index contributed by atoms with van der Waals surface area (Å²) in [5, 5.41) is 2.27. The van der Waals surface area contributed by atoms with Crippen LogP contribution in [0.3, 0.4) is 0 Å². The van der Waals surface area contributed by atoms with Gasteiger partial charge in [0, 0.05) is 28.7 Å². The van der Waals surface area contributed by atoms with Crippen molar-refractivity contribution in [3.05, 3.63) is 108 Å². The first-order valence-electron chi connectivity index (χ1n) is 14.9. The Morgan fingerprint density at radius 3 is 2.07 bits per heavy atom. The highest BCUT2D eigenvalue weighted by Gasteiger charge is 2.28. The van der Waals surface area contributed by atoms with Crippen molar-refractivity contribution in [3.8, 4) is 28.2 Å². The van der Waals surface area contributed by atoms with E-state index in [0.717, 1.165) is 39.7 Å². The van der Waals surface area contributed by atoms with Crippen molar-refractivity contribution < 1.29 is 4.42 Å². The molecule has 0 fully saturated rings. The molecule has 0 saturated carbocycles. The molecule has 3 heteroatoms. The molecule has 3 nitrogen and oxygen atoms in total. The number of furan rings is 1. The van der Waals surface area contributed by atoms with Crippen molar-refractivity contribution in [1.29, 1.82) is 0 Å². The molecule has 2 aromatic heterocycles. The van der Waals surface area contributed by atoms with E-state index in [1.807, 2.05) is 12.3 Å². The third-order valence-electron chi connectivity index (χ3n) is 8.77. The Morgan fingerprint density at radius 2 is 1.41 bits per heavy atom. The first-order valence-corrected chi connectivity index (χ1v) is 14.9. The molecule has 6 rings (SSSR count).